The van der Waals surface area contributed by atoms with Gasteiger partial charge in [-0.05, 0) is 37.1 Å². The van der Waals surface area contributed by atoms with Gasteiger partial charge in [0.15, 0.2) is 5.13 Å². The number of fused-ring (bicyclic) bond motifs is 1. The Balaban J connectivity index is 1.57. The van der Waals surface area contributed by atoms with Crippen molar-refractivity contribution in [2.24, 2.45) is 0 Å². The van der Waals surface area contributed by atoms with Gasteiger partial charge in [0.2, 0.25) is 5.91 Å². The molecule has 1 aliphatic rings. The molecule has 1 saturated heterocycles. The average molecular weight is 458 g/mol. The Kier molecular flexibility index (Phi) is 5.32. The molecule has 1 amide bonds. The van der Waals surface area contributed by atoms with Gasteiger partial charge < -0.3 is 10.1 Å². The quantitative estimate of drug-likeness (QED) is 0.629. The summed E-state index contributed by atoms with van der Waals surface area (Å²) in [6, 6.07) is 7.76. The highest BCUT2D eigenvalue weighted by Crippen LogP contribution is 2.34. The number of methoxy groups -OCH3 is 1. The SMILES string of the molecule is COc1cccc2sc(NC(=O)C3CCCN3S(=O)(=O)c3ccc(Cl)s3)nc12. The molecule has 2 aromatic heterocycles. The van der Waals surface area contributed by atoms with Crippen LogP contribution in [-0.2, 0) is 14.8 Å². The molecular formula is C17H16ClN3O4S3. The first kappa shape index (κ1) is 19.6. The third-order valence-corrected chi connectivity index (χ3v) is 8.99. The lowest BCUT2D eigenvalue weighted by atomic mass is 10.2. The van der Waals surface area contributed by atoms with Crippen molar-refractivity contribution >= 4 is 65.6 Å². The van der Waals surface area contributed by atoms with Gasteiger partial charge in [0.1, 0.15) is 21.5 Å². The number of thiazole rings is 1. The molecule has 1 unspecified atom stereocenters. The fourth-order valence-electron chi connectivity index (χ4n) is 3.17. The van der Waals surface area contributed by atoms with Gasteiger partial charge in [0.05, 0.1) is 16.1 Å². The lowest BCUT2D eigenvalue weighted by Crippen LogP contribution is -2.42. The third-order valence-electron chi connectivity index (χ3n) is 4.45. The van der Waals surface area contributed by atoms with Crippen LogP contribution in [0.5, 0.6) is 5.75 Å². The number of hydrogen-bond acceptors (Lipinski definition) is 7. The van der Waals surface area contributed by atoms with Gasteiger partial charge in [0.25, 0.3) is 10.0 Å². The highest BCUT2D eigenvalue weighted by Gasteiger charge is 2.40. The van der Waals surface area contributed by atoms with Crippen LogP contribution >= 0.6 is 34.3 Å². The molecule has 7 nitrogen and oxygen atoms in total. The number of aromatic nitrogens is 1. The predicted molar refractivity (Wildman–Crippen MR) is 111 cm³/mol. The molecule has 11 heteroatoms. The zero-order chi connectivity index (χ0) is 19.9. The van der Waals surface area contributed by atoms with Crippen molar-refractivity contribution in [3.05, 3.63) is 34.7 Å². The molecule has 1 aliphatic heterocycles. The molecular weight excluding hydrogens is 442 g/mol. The van der Waals surface area contributed by atoms with Crippen LogP contribution in [0.1, 0.15) is 12.8 Å². The lowest BCUT2D eigenvalue weighted by molar-refractivity contribution is -0.119. The number of carbonyl (C=O) groups is 1. The van der Waals surface area contributed by atoms with Crippen LogP contribution in [0.3, 0.4) is 0 Å². The summed E-state index contributed by atoms with van der Waals surface area (Å²) >= 11 is 8.18. The first-order chi connectivity index (χ1) is 13.4. The topological polar surface area (TPSA) is 88.6 Å². The highest BCUT2D eigenvalue weighted by molar-refractivity contribution is 7.91. The predicted octanol–water partition coefficient (Wildman–Crippen LogP) is 3.81. The number of sulfonamides is 1. The molecule has 0 bridgehead atoms. The van der Waals surface area contributed by atoms with E-state index in [-0.39, 0.29) is 10.1 Å². The van der Waals surface area contributed by atoms with Crippen LogP contribution in [0.2, 0.25) is 4.34 Å². The van der Waals surface area contributed by atoms with Gasteiger partial charge in [-0.25, -0.2) is 13.4 Å². The largest absolute Gasteiger partial charge is 0.494 e. The van der Waals surface area contributed by atoms with Gasteiger partial charge in [-0.2, -0.15) is 4.31 Å². The van der Waals surface area contributed by atoms with E-state index in [0.29, 0.717) is 40.1 Å². The number of thiophene rings is 1. The Morgan fingerprint density at radius 3 is 2.86 bits per heavy atom. The number of nitrogens with one attached hydrogen (secondary N) is 1. The van der Waals surface area contributed by atoms with Crippen LogP contribution < -0.4 is 10.1 Å². The molecule has 148 valence electrons. The minimum absolute atomic E-state index is 0.141. The summed E-state index contributed by atoms with van der Waals surface area (Å²) in [5.74, 6) is 0.232. The Labute approximate surface area is 175 Å². The molecule has 1 fully saturated rings. The first-order valence-electron chi connectivity index (χ1n) is 8.42. The maximum absolute atomic E-state index is 12.9. The third kappa shape index (κ3) is 3.50. The zero-order valence-electron chi connectivity index (χ0n) is 14.7. The Morgan fingerprint density at radius 2 is 2.14 bits per heavy atom. The smallest absolute Gasteiger partial charge is 0.253 e. The lowest BCUT2D eigenvalue weighted by Gasteiger charge is -2.22. The van der Waals surface area contributed by atoms with E-state index in [0.717, 1.165) is 16.0 Å². The van der Waals surface area contributed by atoms with Crippen molar-refractivity contribution in [3.63, 3.8) is 0 Å². The summed E-state index contributed by atoms with van der Waals surface area (Å²) in [5, 5.41) is 3.18. The second-order valence-electron chi connectivity index (χ2n) is 6.15. The molecule has 0 aliphatic carbocycles. The molecule has 4 rings (SSSR count). The van der Waals surface area contributed by atoms with E-state index in [4.69, 9.17) is 16.3 Å². The number of amides is 1. The number of nitrogens with zero attached hydrogens (tertiary/aromatic N) is 2. The van der Waals surface area contributed by atoms with E-state index in [9.17, 15) is 13.2 Å². The summed E-state index contributed by atoms with van der Waals surface area (Å²) < 4.78 is 33.8. The number of anilines is 1. The van der Waals surface area contributed by atoms with Crippen LogP contribution in [0.25, 0.3) is 10.2 Å². The highest BCUT2D eigenvalue weighted by atomic mass is 35.5. The van der Waals surface area contributed by atoms with Crippen LogP contribution in [0.4, 0.5) is 5.13 Å². The van der Waals surface area contributed by atoms with Crippen molar-refractivity contribution in [1.29, 1.82) is 0 Å². The van der Waals surface area contributed by atoms with E-state index in [2.05, 4.69) is 10.3 Å². The van der Waals surface area contributed by atoms with E-state index in [1.165, 1.54) is 21.7 Å². The van der Waals surface area contributed by atoms with Gasteiger partial charge in [0, 0.05) is 6.54 Å². The summed E-state index contributed by atoms with van der Waals surface area (Å²) in [4.78, 5) is 17.3. The number of halogens is 1. The Hall–Kier alpha value is -1.72. The van der Waals surface area contributed by atoms with Crippen molar-refractivity contribution in [2.75, 3.05) is 19.0 Å². The monoisotopic (exact) mass is 457 g/mol. The van der Waals surface area contributed by atoms with Crippen LogP contribution in [-0.4, -0.2) is 43.3 Å². The van der Waals surface area contributed by atoms with E-state index < -0.39 is 16.1 Å². The number of carbonyl (C=O) groups excluding carboxylic acids is 1. The number of ether oxygens (including phenoxy) is 1. The maximum Gasteiger partial charge on any atom is 0.253 e. The maximum atomic E-state index is 12.9. The van der Waals surface area contributed by atoms with E-state index in [1.807, 2.05) is 12.1 Å². The molecule has 1 N–H and O–H groups in total. The Bertz CT molecular complexity index is 1140. The molecule has 0 spiro atoms. The van der Waals surface area contributed by atoms with Gasteiger partial charge in [-0.15, -0.1) is 11.3 Å². The summed E-state index contributed by atoms with van der Waals surface area (Å²) in [6.07, 6.45) is 1.07. The normalized spacial score (nSPS) is 17.9. The number of rotatable bonds is 5. The van der Waals surface area contributed by atoms with Gasteiger partial charge in [-0.3, -0.25) is 4.79 Å². The summed E-state index contributed by atoms with van der Waals surface area (Å²) in [7, 11) is -2.21. The van der Waals surface area contributed by atoms with E-state index in [1.54, 1.807) is 19.2 Å². The molecule has 1 aromatic carbocycles. The number of para-hydroxylation sites is 1. The van der Waals surface area contributed by atoms with Crippen molar-refractivity contribution in [3.8, 4) is 5.75 Å². The minimum Gasteiger partial charge on any atom is -0.494 e. The van der Waals surface area contributed by atoms with Crippen LogP contribution in [0, 0.1) is 0 Å². The Morgan fingerprint density at radius 1 is 1.32 bits per heavy atom. The number of hydrogen-bond donors (Lipinski definition) is 1. The van der Waals surface area contributed by atoms with Crippen molar-refractivity contribution in [1.82, 2.24) is 9.29 Å². The zero-order valence-corrected chi connectivity index (χ0v) is 17.9. The van der Waals surface area contributed by atoms with Gasteiger partial charge in [-0.1, -0.05) is 29.0 Å². The standard InChI is InChI=1S/C17H16ClN3O4S3/c1-25-11-5-2-6-12-15(11)19-17(26-12)20-16(22)10-4-3-9-21(10)28(23,24)14-8-7-13(18)27-14/h2,5-8,10H,3-4,9H2,1H3,(H,19,20,22). The van der Waals surface area contributed by atoms with Crippen LogP contribution in [0.15, 0.2) is 34.5 Å². The second kappa shape index (κ2) is 7.60. The van der Waals surface area contributed by atoms with Gasteiger partial charge >= 0.3 is 0 Å². The molecule has 3 aromatic rings. The summed E-state index contributed by atoms with van der Waals surface area (Å²) in [6.45, 7) is 0.295. The molecule has 3 heterocycles. The van der Waals surface area contributed by atoms with E-state index >= 15 is 0 Å². The van der Waals surface area contributed by atoms with Crippen molar-refractivity contribution < 1.29 is 17.9 Å². The molecule has 0 saturated carbocycles. The first-order valence-corrected chi connectivity index (χ1v) is 11.9. The van der Waals surface area contributed by atoms with Crippen molar-refractivity contribution in [2.45, 2.75) is 23.1 Å². The fraction of sp³-hybridized carbons (Fsp3) is 0.294. The number of benzene rings is 1. The second-order valence-corrected chi connectivity index (χ2v) is 11.0. The minimum atomic E-state index is -3.77. The molecule has 0 radical (unpaired) electrons. The summed E-state index contributed by atoms with van der Waals surface area (Å²) in [5.41, 5.74) is 0.662. The average Bonchev–Trinajstić information content (AvgIpc) is 3.39. The molecule has 28 heavy (non-hydrogen) atoms. The fourth-order valence-corrected chi connectivity index (χ4v) is 7.33. The molecule has 1 atom stereocenters.